The van der Waals surface area contributed by atoms with Crippen molar-refractivity contribution in [2.45, 2.75) is 24.9 Å². The van der Waals surface area contributed by atoms with E-state index in [1.54, 1.807) is 42.3 Å². The van der Waals surface area contributed by atoms with E-state index < -0.39 is 11.9 Å². The van der Waals surface area contributed by atoms with Crippen LogP contribution in [0.4, 0.5) is 13.2 Å². The SMILES string of the molecule is COc1ccc2oc(C(=O)N3CCC[C@H](c4cc5nc(C(F)(F)F)ccc5[nH]4)C3)cc2c1. The van der Waals surface area contributed by atoms with Crippen LogP contribution in [0.3, 0.4) is 0 Å². The smallest absolute Gasteiger partial charge is 0.433 e. The van der Waals surface area contributed by atoms with Crippen LogP contribution >= 0.6 is 0 Å². The Kier molecular flexibility index (Phi) is 4.83. The topological polar surface area (TPSA) is 71.4 Å². The van der Waals surface area contributed by atoms with E-state index in [9.17, 15) is 18.0 Å². The third-order valence-electron chi connectivity index (χ3n) is 5.87. The van der Waals surface area contributed by atoms with Gasteiger partial charge in [-0.25, -0.2) is 4.98 Å². The number of nitrogens with one attached hydrogen (secondary N) is 1. The Morgan fingerprint density at radius 3 is 2.84 bits per heavy atom. The highest BCUT2D eigenvalue weighted by Crippen LogP contribution is 2.33. The molecule has 9 heteroatoms. The second kappa shape index (κ2) is 7.58. The number of alkyl halides is 3. The number of hydrogen-bond acceptors (Lipinski definition) is 4. The molecule has 0 spiro atoms. The number of carbonyl (C=O) groups excluding carboxylic acids is 1. The number of aromatic nitrogens is 2. The van der Waals surface area contributed by atoms with Crippen LogP contribution < -0.4 is 4.74 Å². The van der Waals surface area contributed by atoms with E-state index in [0.29, 0.717) is 29.9 Å². The van der Waals surface area contributed by atoms with Crippen molar-refractivity contribution in [1.82, 2.24) is 14.9 Å². The number of halogens is 3. The summed E-state index contributed by atoms with van der Waals surface area (Å²) >= 11 is 0. The molecular formula is C23H20F3N3O3. The second-order valence-corrected chi connectivity index (χ2v) is 7.96. The van der Waals surface area contributed by atoms with Gasteiger partial charge in [0.1, 0.15) is 17.0 Å². The van der Waals surface area contributed by atoms with Crippen molar-refractivity contribution in [3.63, 3.8) is 0 Å². The zero-order valence-corrected chi connectivity index (χ0v) is 17.2. The van der Waals surface area contributed by atoms with Gasteiger partial charge in [0.2, 0.25) is 0 Å². The predicted molar refractivity (Wildman–Crippen MR) is 112 cm³/mol. The van der Waals surface area contributed by atoms with Crippen molar-refractivity contribution < 1.29 is 27.1 Å². The number of hydrogen-bond donors (Lipinski definition) is 1. The van der Waals surface area contributed by atoms with Gasteiger partial charge in [-0.2, -0.15) is 13.2 Å². The Bertz CT molecular complexity index is 1310. The fourth-order valence-electron chi connectivity index (χ4n) is 4.23. The molecule has 1 fully saturated rings. The van der Waals surface area contributed by atoms with Gasteiger partial charge in [0.15, 0.2) is 5.76 Å². The molecule has 0 radical (unpaired) electrons. The van der Waals surface area contributed by atoms with Crippen molar-refractivity contribution in [2.24, 2.45) is 0 Å². The molecule has 4 heterocycles. The highest BCUT2D eigenvalue weighted by Gasteiger charge is 2.33. The first-order valence-corrected chi connectivity index (χ1v) is 10.3. The zero-order chi connectivity index (χ0) is 22.5. The number of amides is 1. The minimum Gasteiger partial charge on any atom is -0.497 e. The molecule has 1 aromatic carbocycles. The van der Waals surface area contributed by atoms with Gasteiger partial charge in [-0.1, -0.05) is 0 Å². The minimum absolute atomic E-state index is 0.0271. The maximum atomic E-state index is 13.1. The Morgan fingerprint density at radius 1 is 1.22 bits per heavy atom. The third kappa shape index (κ3) is 3.68. The molecule has 5 rings (SSSR count). The summed E-state index contributed by atoms with van der Waals surface area (Å²) in [7, 11) is 1.57. The molecule has 1 atom stereocenters. The highest BCUT2D eigenvalue weighted by molar-refractivity contribution is 5.96. The van der Waals surface area contributed by atoms with E-state index in [1.807, 2.05) is 0 Å². The Morgan fingerprint density at radius 2 is 2.06 bits per heavy atom. The van der Waals surface area contributed by atoms with Crippen molar-refractivity contribution in [1.29, 1.82) is 0 Å². The normalized spacial score (nSPS) is 17.2. The monoisotopic (exact) mass is 443 g/mol. The van der Waals surface area contributed by atoms with Crippen molar-refractivity contribution >= 4 is 27.9 Å². The lowest BCUT2D eigenvalue weighted by Crippen LogP contribution is -2.39. The minimum atomic E-state index is -4.49. The van der Waals surface area contributed by atoms with Gasteiger partial charge < -0.3 is 19.0 Å². The Labute approximate surface area is 181 Å². The zero-order valence-electron chi connectivity index (χ0n) is 17.2. The van der Waals surface area contributed by atoms with Crippen LogP contribution in [0.1, 0.15) is 40.7 Å². The number of rotatable bonds is 3. The summed E-state index contributed by atoms with van der Waals surface area (Å²) < 4.78 is 49.9. The number of pyridine rings is 1. The van der Waals surface area contributed by atoms with Crippen LogP contribution in [0.2, 0.25) is 0 Å². The number of carbonyl (C=O) groups is 1. The number of benzene rings is 1. The quantitative estimate of drug-likeness (QED) is 0.463. The fourth-order valence-corrected chi connectivity index (χ4v) is 4.23. The largest absolute Gasteiger partial charge is 0.497 e. The third-order valence-corrected chi connectivity index (χ3v) is 5.87. The van der Waals surface area contributed by atoms with Crippen LogP contribution in [-0.4, -0.2) is 41.0 Å². The number of aromatic amines is 1. The summed E-state index contributed by atoms with van der Waals surface area (Å²) in [6, 6.07) is 11.0. The lowest BCUT2D eigenvalue weighted by atomic mass is 9.94. The number of furan rings is 1. The molecule has 0 saturated carbocycles. The molecule has 4 aromatic rings. The summed E-state index contributed by atoms with van der Waals surface area (Å²) in [5.41, 5.74) is 1.27. The van der Waals surface area contributed by atoms with E-state index in [4.69, 9.17) is 9.15 Å². The molecular weight excluding hydrogens is 423 g/mol. The van der Waals surface area contributed by atoms with Crippen molar-refractivity contribution in [3.8, 4) is 5.75 Å². The number of nitrogens with zero attached hydrogens (tertiary/aromatic N) is 2. The van der Waals surface area contributed by atoms with Gasteiger partial charge in [-0.05, 0) is 55.3 Å². The second-order valence-electron chi connectivity index (χ2n) is 7.96. The predicted octanol–water partition coefficient (Wildman–Crippen LogP) is 5.36. The van der Waals surface area contributed by atoms with E-state index in [0.717, 1.165) is 30.0 Å². The number of piperidine rings is 1. The first-order chi connectivity index (χ1) is 15.3. The number of fused-ring (bicyclic) bond motifs is 2. The summed E-state index contributed by atoms with van der Waals surface area (Å²) in [6.45, 7) is 1.03. The average molecular weight is 443 g/mol. The molecule has 0 aliphatic carbocycles. The van der Waals surface area contributed by atoms with Gasteiger partial charge in [0.05, 0.1) is 18.1 Å². The molecule has 1 saturated heterocycles. The van der Waals surface area contributed by atoms with Crippen LogP contribution in [0.25, 0.3) is 22.0 Å². The summed E-state index contributed by atoms with van der Waals surface area (Å²) in [4.78, 5) is 21.7. The number of methoxy groups -OCH3 is 1. The van der Waals surface area contributed by atoms with Crippen LogP contribution in [-0.2, 0) is 6.18 Å². The maximum Gasteiger partial charge on any atom is 0.433 e. The highest BCUT2D eigenvalue weighted by atomic mass is 19.4. The first kappa shape index (κ1) is 20.4. The van der Waals surface area contributed by atoms with Crippen LogP contribution in [0, 0.1) is 0 Å². The van der Waals surface area contributed by atoms with E-state index >= 15 is 0 Å². The van der Waals surface area contributed by atoms with Gasteiger partial charge in [0.25, 0.3) is 5.91 Å². The van der Waals surface area contributed by atoms with Gasteiger partial charge in [-0.3, -0.25) is 4.79 Å². The average Bonchev–Trinajstić information content (AvgIpc) is 3.41. The molecule has 32 heavy (non-hydrogen) atoms. The first-order valence-electron chi connectivity index (χ1n) is 10.3. The van der Waals surface area contributed by atoms with Crippen molar-refractivity contribution in [2.75, 3.05) is 20.2 Å². The molecule has 3 aromatic heterocycles. The van der Waals surface area contributed by atoms with Gasteiger partial charge in [-0.15, -0.1) is 0 Å². The molecule has 166 valence electrons. The van der Waals surface area contributed by atoms with Gasteiger partial charge >= 0.3 is 6.18 Å². The van der Waals surface area contributed by atoms with Crippen molar-refractivity contribution in [3.05, 3.63) is 59.6 Å². The Hall–Kier alpha value is -3.49. The fraction of sp³-hybridized carbons (Fsp3) is 0.304. The number of H-pyrrole nitrogens is 1. The van der Waals surface area contributed by atoms with E-state index in [2.05, 4.69) is 9.97 Å². The van der Waals surface area contributed by atoms with Crippen LogP contribution in [0.15, 0.2) is 46.9 Å². The Balaban J connectivity index is 1.37. The molecule has 1 amide bonds. The molecule has 1 N–H and O–H groups in total. The summed E-state index contributed by atoms with van der Waals surface area (Å²) in [5, 5.41) is 0.781. The molecule has 0 unspecified atom stereocenters. The molecule has 6 nitrogen and oxygen atoms in total. The molecule has 1 aliphatic rings. The van der Waals surface area contributed by atoms with E-state index in [-0.39, 0.29) is 23.1 Å². The molecule has 1 aliphatic heterocycles. The van der Waals surface area contributed by atoms with Gasteiger partial charge in [0, 0.05) is 30.1 Å². The van der Waals surface area contributed by atoms with E-state index in [1.165, 1.54) is 6.07 Å². The number of likely N-dealkylation sites (tertiary alicyclic amines) is 1. The molecule has 0 bridgehead atoms. The summed E-state index contributed by atoms with van der Waals surface area (Å²) in [6.07, 6.45) is -2.89. The maximum absolute atomic E-state index is 13.1. The van der Waals surface area contributed by atoms with Crippen LogP contribution in [0.5, 0.6) is 5.75 Å². The lowest BCUT2D eigenvalue weighted by Gasteiger charge is -2.31. The number of ether oxygens (including phenoxy) is 1. The summed E-state index contributed by atoms with van der Waals surface area (Å²) in [5.74, 6) is 0.692. The lowest BCUT2D eigenvalue weighted by molar-refractivity contribution is -0.140. The standard InChI is InChI=1S/C23H20F3N3O3/c1-31-15-4-6-19-14(9-15)10-20(32-19)22(30)29-8-2-3-13(12-29)17-11-18-16(27-17)5-7-21(28-18)23(24,25)26/h4-7,9-11,13,27H,2-3,8,12H2,1H3/t13-/m0/s1.